The van der Waals surface area contributed by atoms with Gasteiger partial charge in [0.1, 0.15) is 0 Å². The maximum atomic E-state index is 12.8. The number of aryl methyl sites for hydroxylation is 1. The number of hydrogen-bond acceptors (Lipinski definition) is 3. The first-order chi connectivity index (χ1) is 14.1. The van der Waals surface area contributed by atoms with Gasteiger partial charge >= 0.3 is 0 Å². The highest BCUT2D eigenvalue weighted by Gasteiger charge is 2.23. The third-order valence-electron chi connectivity index (χ3n) is 5.47. The molecule has 1 saturated heterocycles. The van der Waals surface area contributed by atoms with E-state index in [1.54, 1.807) is 0 Å². The van der Waals surface area contributed by atoms with E-state index in [-0.39, 0.29) is 11.8 Å². The van der Waals surface area contributed by atoms with Crippen LogP contribution in [-0.2, 0) is 4.79 Å². The zero-order valence-electron chi connectivity index (χ0n) is 17.5. The molecule has 1 aliphatic rings. The normalized spacial score (nSPS) is 14.0. The van der Waals surface area contributed by atoms with Crippen LogP contribution >= 0.6 is 0 Å². The summed E-state index contributed by atoms with van der Waals surface area (Å²) in [6.07, 6.45) is 3.72. The van der Waals surface area contributed by atoms with Crippen LogP contribution in [0.15, 0.2) is 48.5 Å². The van der Waals surface area contributed by atoms with Crippen molar-refractivity contribution in [2.75, 3.05) is 36.4 Å². The van der Waals surface area contributed by atoms with Crippen molar-refractivity contribution in [3.63, 3.8) is 0 Å². The lowest BCUT2D eigenvalue weighted by atomic mass is 10.1. The van der Waals surface area contributed by atoms with E-state index in [0.29, 0.717) is 19.5 Å². The third kappa shape index (κ3) is 5.59. The topological polar surface area (TPSA) is 52.7 Å². The number of nitrogens with zero attached hydrogens (tertiary/aromatic N) is 2. The molecule has 1 N–H and O–H groups in total. The molecule has 0 spiro atoms. The molecule has 2 amide bonds. The van der Waals surface area contributed by atoms with Gasteiger partial charge in [0.25, 0.3) is 5.91 Å². The standard InChI is InChI=1S/C24H31N3O2/c1-3-4-5-10-23(28)25-20-11-13-21(14-12-20)26-15-17-27(18-16-26)24(29)22-9-7-6-8-19(22)2/h6-9,11-14H,3-5,10,15-18H2,1-2H3,(H,25,28). The maximum absolute atomic E-state index is 12.8. The highest BCUT2D eigenvalue weighted by atomic mass is 16.2. The number of anilines is 2. The van der Waals surface area contributed by atoms with Gasteiger partial charge in [-0.25, -0.2) is 0 Å². The van der Waals surface area contributed by atoms with Crippen LogP contribution in [0.1, 0.15) is 48.5 Å². The van der Waals surface area contributed by atoms with Crippen LogP contribution < -0.4 is 10.2 Å². The first-order valence-electron chi connectivity index (χ1n) is 10.6. The molecule has 154 valence electrons. The Hall–Kier alpha value is -2.82. The lowest BCUT2D eigenvalue weighted by Crippen LogP contribution is -2.48. The van der Waals surface area contributed by atoms with Crippen molar-refractivity contribution in [2.24, 2.45) is 0 Å². The Balaban J connectivity index is 1.51. The molecule has 1 heterocycles. The number of unbranched alkanes of at least 4 members (excludes halogenated alkanes) is 2. The average Bonchev–Trinajstić information content (AvgIpc) is 2.74. The Kier molecular flexibility index (Phi) is 7.28. The lowest BCUT2D eigenvalue weighted by Gasteiger charge is -2.36. The summed E-state index contributed by atoms with van der Waals surface area (Å²) in [4.78, 5) is 28.9. The first-order valence-corrected chi connectivity index (χ1v) is 10.6. The quantitative estimate of drug-likeness (QED) is 0.706. The predicted molar refractivity (Wildman–Crippen MR) is 119 cm³/mol. The van der Waals surface area contributed by atoms with Crippen molar-refractivity contribution in [1.82, 2.24) is 4.90 Å². The van der Waals surface area contributed by atoms with Gasteiger partial charge in [0, 0.05) is 49.5 Å². The maximum Gasteiger partial charge on any atom is 0.254 e. The third-order valence-corrected chi connectivity index (χ3v) is 5.47. The van der Waals surface area contributed by atoms with Crippen LogP contribution in [0.5, 0.6) is 0 Å². The molecule has 2 aromatic rings. The molecular formula is C24H31N3O2. The van der Waals surface area contributed by atoms with Gasteiger partial charge in [-0.2, -0.15) is 0 Å². The number of piperazine rings is 1. The van der Waals surface area contributed by atoms with Crippen LogP contribution in [0.2, 0.25) is 0 Å². The van der Waals surface area contributed by atoms with Gasteiger partial charge in [0.05, 0.1) is 0 Å². The fourth-order valence-electron chi connectivity index (χ4n) is 3.67. The van der Waals surface area contributed by atoms with E-state index in [1.807, 2.05) is 60.4 Å². The van der Waals surface area contributed by atoms with Gasteiger partial charge in [0.15, 0.2) is 0 Å². The van der Waals surface area contributed by atoms with Crippen LogP contribution in [-0.4, -0.2) is 42.9 Å². The van der Waals surface area contributed by atoms with Crippen molar-refractivity contribution in [3.05, 3.63) is 59.7 Å². The predicted octanol–water partition coefficient (Wildman–Crippen LogP) is 4.48. The summed E-state index contributed by atoms with van der Waals surface area (Å²) in [7, 11) is 0. The molecule has 0 unspecified atom stereocenters. The van der Waals surface area contributed by atoms with E-state index < -0.39 is 0 Å². The summed E-state index contributed by atoms with van der Waals surface area (Å²) < 4.78 is 0. The summed E-state index contributed by atoms with van der Waals surface area (Å²) in [5, 5.41) is 2.97. The van der Waals surface area contributed by atoms with E-state index in [9.17, 15) is 9.59 Å². The minimum absolute atomic E-state index is 0.0783. The highest BCUT2D eigenvalue weighted by Crippen LogP contribution is 2.21. The average molecular weight is 394 g/mol. The number of rotatable bonds is 7. The summed E-state index contributed by atoms with van der Waals surface area (Å²) in [6.45, 7) is 7.15. The SMILES string of the molecule is CCCCCC(=O)Nc1ccc(N2CCN(C(=O)c3ccccc3C)CC2)cc1. The van der Waals surface area contributed by atoms with E-state index in [2.05, 4.69) is 17.1 Å². The Morgan fingerprint density at radius 2 is 1.62 bits per heavy atom. The minimum atomic E-state index is 0.0783. The van der Waals surface area contributed by atoms with E-state index in [4.69, 9.17) is 0 Å². The molecule has 2 aromatic carbocycles. The zero-order chi connectivity index (χ0) is 20.6. The number of carbonyl (C=O) groups excluding carboxylic acids is 2. The number of carbonyl (C=O) groups is 2. The van der Waals surface area contributed by atoms with Gasteiger partial charge in [-0.15, -0.1) is 0 Å². The minimum Gasteiger partial charge on any atom is -0.368 e. The van der Waals surface area contributed by atoms with Crippen molar-refractivity contribution in [1.29, 1.82) is 0 Å². The molecule has 0 aromatic heterocycles. The van der Waals surface area contributed by atoms with E-state index in [0.717, 1.165) is 54.9 Å². The Morgan fingerprint density at radius 1 is 0.931 bits per heavy atom. The molecule has 29 heavy (non-hydrogen) atoms. The van der Waals surface area contributed by atoms with Crippen LogP contribution in [0.3, 0.4) is 0 Å². The van der Waals surface area contributed by atoms with Gasteiger partial charge in [-0.1, -0.05) is 38.0 Å². The molecule has 1 fully saturated rings. The number of hydrogen-bond donors (Lipinski definition) is 1. The number of amides is 2. The number of nitrogens with one attached hydrogen (secondary N) is 1. The summed E-state index contributed by atoms with van der Waals surface area (Å²) in [5.41, 5.74) is 3.77. The molecule has 5 nitrogen and oxygen atoms in total. The summed E-state index contributed by atoms with van der Waals surface area (Å²) in [6, 6.07) is 15.8. The van der Waals surface area contributed by atoms with E-state index >= 15 is 0 Å². The molecule has 0 radical (unpaired) electrons. The van der Waals surface area contributed by atoms with Crippen molar-refractivity contribution >= 4 is 23.2 Å². The highest BCUT2D eigenvalue weighted by molar-refractivity contribution is 5.95. The number of benzene rings is 2. The van der Waals surface area contributed by atoms with Crippen LogP contribution in [0.25, 0.3) is 0 Å². The molecule has 3 rings (SSSR count). The van der Waals surface area contributed by atoms with Crippen molar-refractivity contribution in [2.45, 2.75) is 39.5 Å². The molecule has 0 aliphatic carbocycles. The first kappa shape index (κ1) is 20.9. The fraction of sp³-hybridized carbons (Fsp3) is 0.417. The van der Waals surface area contributed by atoms with Crippen LogP contribution in [0, 0.1) is 6.92 Å². The largest absolute Gasteiger partial charge is 0.368 e. The molecule has 1 aliphatic heterocycles. The van der Waals surface area contributed by atoms with Gasteiger partial charge in [-0.05, 0) is 49.2 Å². The Bertz CT molecular complexity index is 824. The molecule has 0 saturated carbocycles. The smallest absolute Gasteiger partial charge is 0.254 e. The molecular weight excluding hydrogens is 362 g/mol. The van der Waals surface area contributed by atoms with Crippen LogP contribution in [0.4, 0.5) is 11.4 Å². The second kappa shape index (κ2) is 10.1. The van der Waals surface area contributed by atoms with Crippen molar-refractivity contribution < 1.29 is 9.59 Å². The van der Waals surface area contributed by atoms with Gasteiger partial charge < -0.3 is 15.1 Å². The summed E-state index contributed by atoms with van der Waals surface area (Å²) >= 11 is 0. The molecule has 5 heteroatoms. The van der Waals surface area contributed by atoms with Gasteiger partial charge in [-0.3, -0.25) is 9.59 Å². The Morgan fingerprint density at radius 3 is 2.28 bits per heavy atom. The van der Waals surface area contributed by atoms with Crippen molar-refractivity contribution in [3.8, 4) is 0 Å². The Labute approximate surface area is 173 Å². The second-order valence-electron chi connectivity index (χ2n) is 7.65. The molecule has 0 bridgehead atoms. The summed E-state index contributed by atoms with van der Waals surface area (Å²) in [5.74, 6) is 0.193. The lowest BCUT2D eigenvalue weighted by molar-refractivity contribution is -0.116. The fourth-order valence-corrected chi connectivity index (χ4v) is 3.67. The van der Waals surface area contributed by atoms with Gasteiger partial charge in [0.2, 0.25) is 5.91 Å². The monoisotopic (exact) mass is 393 g/mol. The molecule has 0 atom stereocenters. The van der Waals surface area contributed by atoms with E-state index in [1.165, 1.54) is 0 Å². The zero-order valence-corrected chi connectivity index (χ0v) is 17.5. The second-order valence-corrected chi connectivity index (χ2v) is 7.65.